The van der Waals surface area contributed by atoms with E-state index in [1.807, 2.05) is 42.5 Å². The van der Waals surface area contributed by atoms with Crippen LogP contribution in [0.2, 0.25) is 0 Å². The maximum Gasteiger partial charge on any atom is 0.356 e. The Balaban J connectivity index is 1.89. The third kappa shape index (κ3) is 3.05. The summed E-state index contributed by atoms with van der Waals surface area (Å²) in [6, 6.07) is 15.2. The van der Waals surface area contributed by atoms with Crippen LogP contribution >= 0.6 is 0 Å². The summed E-state index contributed by atoms with van der Waals surface area (Å²) in [5, 5.41) is 9.09. The van der Waals surface area contributed by atoms with Gasteiger partial charge in [-0.15, -0.1) is 0 Å². The molecule has 0 bridgehead atoms. The number of imidazole rings is 1. The Kier molecular flexibility index (Phi) is 3.95. The van der Waals surface area contributed by atoms with E-state index < -0.39 is 5.97 Å². The summed E-state index contributed by atoms with van der Waals surface area (Å²) in [6.07, 6.45) is 6.20. The van der Waals surface area contributed by atoms with Gasteiger partial charge in [0.05, 0.1) is 5.69 Å². The van der Waals surface area contributed by atoms with Crippen LogP contribution in [0, 0.1) is 0 Å². The van der Waals surface area contributed by atoms with Gasteiger partial charge in [-0.25, -0.2) is 19.7 Å². The normalized spacial score (nSPS) is 10.6. The van der Waals surface area contributed by atoms with E-state index in [9.17, 15) is 4.79 Å². The van der Waals surface area contributed by atoms with E-state index >= 15 is 0 Å². The summed E-state index contributed by atoms with van der Waals surface area (Å²) in [6.45, 7) is 0. The first-order chi connectivity index (χ1) is 12.7. The monoisotopic (exact) mass is 343 g/mol. The van der Waals surface area contributed by atoms with Crippen molar-refractivity contribution < 1.29 is 9.90 Å². The molecule has 7 nitrogen and oxygen atoms in total. The van der Waals surface area contributed by atoms with Crippen LogP contribution in [0.15, 0.2) is 73.4 Å². The lowest BCUT2D eigenvalue weighted by Crippen LogP contribution is -2.01. The smallest absolute Gasteiger partial charge is 0.356 e. The molecule has 126 valence electrons. The van der Waals surface area contributed by atoms with E-state index in [0.717, 1.165) is 16.8 Å². The van der Waals surface area contributed by atoms with Crippen LogP contribution in [-0.4, -0.2) is 35.6 Å². The first-order valence-electron chi connectivity index (χ1n) is 7.83. The lowest BCUT2D eigenvalue weighted by molar-refractivity contribution is 0.0691. The highest BCUT2D eigenvalue weighted by Crippen LogP contribution is 2.23. The van der Waals surface area contributed by atoms with Gasteiger partial charge in [-0.3, -0.25) is 9.55 Å². The van der Waals surface area contributed by atoms with Gasteiger partial charge < -0.3 is 5.11 Å². The molecule has 0 spiro atoms. The minimum atomic E-state index is -1.09. The number of hydrogen-bond donors (Lipinski definition) is 1. The van der Waals surface area contributed by atoms with Crippen LogP contribution in [0.4, 0.5) is 0 Å². The molecule has 4 aromatic rings. The first-order valence-corrected chi connectivity index (χ1v) is 7.83. The molecule has 0 unspecified atom stereocenters. The van der Waals surface area contributed by atoms with Gasteiger partial charge in [0.15, 0.2) is 11.5 Å². The number of carboxylic acid groups (broad SMARTS) is 1. The summed E-state index contributed by atoms with van der Waals surface area (Å²) in [7, 11) is 0. The van der Waals surface area contributed by atoms with Crippen molar-refractivity contribution in [3.8, 4) is 28.5 Å². The molecule has 7 heteroatoms. The van der Waals surface area contributed by atoms with E-state index in [4.69, 9.17) is 5.11 Å². The van der Waals surface area contributed by atoms with Crippen molar-refractivity contribution in [1.29, 1.82) is 0 Å². The number of hydrogen-bond acceptors (Lipinski definition) is 5. The Morgan fingerprint density at radius 1 is 0.962 bits per heavy atom. The van der Waals surface area contributed by atoms with Crippen LogP contribution in [0.5, 0.6) is 0 Å². The van der Waals surface area contributed by atoms with Crippen molar-refractivity contribution in [2.75, 3.05) is 0 Å². The highest BCUT2D eigenvalue weighted by atomic mass is 16.4. The highest BCUT2D eigenvalue weighted by molar-refractivity contribution is 5.85. The zero-order valence-electron chi connectivity index (χ0n) is 13.5. The first kappa shape index (κ1) is 15.6. The minimum absolute atomic E-state index is 0.0460. The molecule has 1 aromatic carbocycles. The summed E-state index contributed by atoms with van der Waals surface area (Å²) >= 11 is 0. The molecule has 0 saturated carbocycles. The van der Waals surface area contributed by atoms with Crippen molar-refractivity contribution in [1.82, 2.24) is 24.5 Å². The van der Waals surface area contributed by atoms with E-state index in [2.05, 4.69) is 19.9 Å². The standard InChI is InChI=1S/C19H13N5O2/c25-19(26)16-11-24(12-21-16)17-10-15(13-4-2-1-3-5-13)22-18(23-17)14-6-8-20-9-7-14/h1-12H,(H,25,26). The molecule has 4 rings (SSSR count). The van der Waals surface area contributed by atoms with Crippen LogP contribution in [-0.2, 0) is 0 Å². The van der Waals surface area contributed by atoms with Gasteiger partial charge in [0.25, 0.3) is 0 Å². The van der Waals surface area contributed by atoms with Crippen LogP contribution in [0.1, 0.15) is 10.5 Å². The second kappa shape index (κ2) is 6.56. The van der Waals surface area contributed by atoms with Gasteiger partial charge in [0.1, 0.15) is 12.1 Å². The molecule has 3 aromatic heterocycles. The fourth-order valence-corrected chi connectivity index (χ4v) is 2.51. The molecular formula is C19H13N5O2. The zero-order chi connectivity index (χ0) is 17.9. The number of carboxylic acids is 1. The van der Waals surface area contributed by atoms with Crippen molar-refractivity contribution in [3.05, 3.63) is 79.1 Å². The molecular weight excluding hydrogens is 330 g/mol. The van der Waals surface area contributed by atoms with Gasteiger partial charge in [-0.05, 0) is 12.1 Å². The molecule has 0 aliphatic heterocycles. The fraction of sp³-hybridized carbons (Fsp3) is 0. The summed E-state index contributed by atoms with van der Waals surface area (Å²) in [5.41, 5.74) is 2.44. The lowest BCUT2D eigenvalue weighted by atomic mass is 10.1. The third-order valence-electron chi connectivity index (χ3n) is 3.79. The predicted octanol–water partition coefficient (Wildman–Crippen LogP) is 3.09. The maximum absolute atomic E-state index is 11.1. The van der Waals surface area contributed by atoms with Gasteiger partial charge >= 0.3 is 5.97 Å². The summed E-state index contributed by atoms with van der Waals surface area (Å²) in [4.78, 5) is 28.2. The molecule has 0 radical (unpaired) electrons. The molecule has 0 atom stereocenters. The van der Waals surface area contributed by atoms with E-state index in [1.54, 1.807) is 23.0 Å². The van der Waals surface area contributed by atoms with Crippen LogP contribution in [0.3, 0.4) is 0 Å². The molecule has 1 N–H and O–H groups in total. The van der Waals surface area contributed by atoms with E-state index in [-0.39, 0.29) is 5.69 Å². The number of nitrogens with zero attached hydrogens (tertiary/aromatic N) is 5. The number of pyridine rings is 1. The van der Waals surface area contributed by atoms with Crippen molar-refractivity contribution in [2.45, 2.75) is 0 Å². The van der Waals surface area contributed by atoms with Crippen LogP contribution in [0.25, 0.3) is 28.5 Å². The molecule has 26 heavy (non-hydrogen) atoms. The quantitative estimate of drug-likeness (QED) is 0.612. The molecule has 0 saturated heterocycles. The second-order valence-electron chi connectivity index (χ2n) is 5.51. The lowest BCUT2D eigenvalue weighted by Gasteiger charge is -2.09. The predicted molar refractivity (Wildman–Crippen MR) is 94.8 cm³/mol. The molecule has 3 heterocycles. The Hall–Kier alpha value is -3.87. The maximum atomic E-state index is 11.1. The van der Waals surface area contributed by atoms with Crippen LogP contribution < -0.4 is 0 Å². The SMILES string of the molecule is O=C(O)c1cn(-c2cc(-c3ccccc3)nc(-c3ccncc3)n2)cn1. The Labute approximate surface area is 148 Å². The number of carbonyl (C=O) groups is 1. The van der Waals surface area contributed by atoms with Crippen molar-refractivity contribution in [3.63, 3.8) is 0 Å². The summed E-state index contributed by atoms with van der Waals surface area (Å²) < 4.78 is 1.57. The van der Waals surface area contributed by atoms with Crippen molar-refractivity contribution >= 4 is 5.97 Å². The Morgan fingerprint density at radius 3 is 2.42 bits per heavy atom. The number of aromatic carboxylic acids is 1. The largest absolute Gasteiger partial charge is 0.476 e. The van der Waals surface area contributed by atoms with Gasteiger partial charge in [0, 0.05) is 35.8 Å². The highest BCUT2D eigenvalue weighted by Gasteiger charge is 2.12. The van der Waals surface area contributed by atoms with Crippen molar-refractivity contribution in [2.24, 2.45) is 0 Å². The van der Waals surface area contributed by atoms with Gasteiger partial charge in [-0.1, -0.05) is 30.3 Å². The average Bonchev–Trinajstić information content (AvgIpc) is 3.20. The van der Waals surface area contributed by atoms with Gasteiger partial charge in [-0.2, -0.15) is 0 Å². The number of benzene rings is 1. The molecule has 0 amide bonds. The third-order valence-corrected chi connectivity index (χ3v) is 3.79. The van der Waals surface area contributed by atoms with E-state index in [0.29, 0.717) is 11.6 Å². The second-order valence-corrected chi connectivity index (χ2v) is 5.51. The molecule has 0 aliphatic carbocycles. The number of aromatic nitrogens is 5. The molecule has 0 fully saturated rings. The minimum Gasteiger partial charge on any atom is -0.476 e. The fourth-order valence-electron chi connectivity index (χ4n) is 2.51. The Bertz CT molecular complexity index is 1000. The average molecular weight is 343 g/mol. The zero-order valence-corrected chi connectivity index (χ0v) is 13.5. The number of rotatable bonds is 4. The molecule has 0 aliphatic rings. The van der Waals surface area contributed by atoms with E-state index in [1.165, 1.54) is 12.5 Å². The topological polar surface area (TPSA) is 93.8 Å². The Morgan fingerprint density at radius 2 is 1.73 bits per heavy atom. The van der Waals surface area contributed by atoms with Gasteiger partial charge in [0.2, 0.25) is 0 Å². The summed E-state index contributed by atoms with van der Waals surface area (Å²) in [5.74, 6) is -0.0320.